The molecule has 0 radical (unpaired) electrons. The molecule has 6 heteroatoms. The molecule has 0 unspecified atom stereocenters. The average molecular weight is 384 g/mol. The van der Waals surface area contributed by atoms with E-state index in [-0.39, 0.29) is 30.4 Å². The molecule has 28 heavy (non-hydrogen) atoms. The first-order chi connectivity index (χ1) is 13.7. The Hall–Kier alpha value is -2.44. The summed E-state index contributed by atoms with van der Waals surface area (Å²) in [5.74, 6) is 0.487. The van der Waals surface area contributed by atoms with E-state index in [0.717, 1.165) is 25.2 Å². The number of halogens is 1. The summed E-state index contributed by atoms with van der Waals surface area (Å²) in [5.41, 5.74) is 1.47. The fourth-order valence-corrected chi connectivity index (χ4v) is 4.18. The molecule has 2 heterocycles. The number of fused-ring (bicyclic) bond motifs is 1. The molecule has 2 fully saturated rings. The second-order valence-electron chi connectivity index (χ2n) is 7.39. The number of amides is 1. The van der Waals surface area contributed by atoms with Gasteiger partial charge < -0.3 is 14.4 Å². The highest BCUT2D eigenvalue weighted by molar-refractivity contribution is 5.94. The number of anilines is 1. The fourth-order valence-electron chi connectivity index (χ4n) is 4.18. The van der Waals surface area contributed by atoms with Gasteiger partial charge in [0, 0.05) is 43.3 Å². The number of piperidine rings is 1. The summed E-state index contributed by atoms with van der Waals surface area (Å²) < 4.78 is 25.6. The van der Waals surface area contributed by atoms with Crippen molar-refractivity contribution >= 4 is 11.6 Å². The first kappa shape index (κ1) is 18.9. The molecule has 2 aromatic rings. The van der Waals surface area contributed by atoms with Crippen LogP contribution in [0.1, 0.15) is 12.0 Å². The lowest BCUT2D eigenvalue weighted by atomic mass is 9.93. The SMILES string of the molecule is COc1cccc(F)c1CN1CC[C@@H]2OCC(=O)N(c3ccccc3)C[C@H]2C1. The van der Waals surface area contributed by atoms with Gasteiger partial charge in [0.1, 0.15) is 18.2 Å². The van der Waals surface area contributed by atoms with Gasteiger partial charge in [-0.3, -0.25) is 9.69 Å². The Kier molecular flexibility index (Phi) is 5.59. The number of nitrogens with zero attached hydrogens (tertiary/aromatic N) is 2. The van der Waals surface area contributed by atoms with E-state index >= 15 is 0 Å². The Morgan fingerprint density at radius 1 is 1.14 bits per heavy atom. The van der Waals surface area contributed by atoms with Gasteiger partial charge in [0.2, 0.25) is 0 Å². The lowest BCUT2D eigenvalue weighted by molar-refractivity contribution is -0.124. The van der Waals surface area contributed by atoms with Crippen LogP contribution in [0.3, 0.4) is 0 Å². The number of carbonyl (C=O) groups excluding carboxylic acids is 1. The molecular weight excluding hydrogens is 359 g/mol. The molecule has 2 aliphatic heterocycles. The Labute approximate surface area is 164 Å². The van der Waals surface area contributed by atoms with Gasteiger partial charge in [-0.2, -0.15) is 0 Å². The number of likely N-dealkylation sites (tertiary alicyclic amines) is 1. The van der Waals surface area contributed by atoms with E-state index in [4.69, 9.17) is 9.47 Å². The van der Waals surface area contributed by atoms with Gasteiger partial charge in [0.15, 0.2) is 0 Å². The van der Waals surface area contributed by atoms with Gasteiger partial charge in [-0.05, 0) is 30.7 Å². The monoisotopic (exact) mass is 384 g/mol. The molecule has 2 aromatic carbocycles. The highest BCUT2D eigenvalue weighted by atomic mass is 19.1. The van der Waals surface area contributed by atoms with E-state index in [1.165, 1.54) is 6.07 Å². The van der Waals surface area contributed by atoms with Crippen LogP contribution in [0.2, 0.25) is 0 Å². The standard InChI is InChI=1S/C22H25FN2O3/c1-27-21-9-5-8-19(23)18(21)14-24-11-10-20-16(12-24)13-25(22(26)15-28-20)17-6-3-2-4-7-17/h2-9,16,20H,10-15H2,1H3/t16-,20+/m1/s1. The largest absolute Gasteiger partial charge is 0.496 e. The number of hydrogen-bond acceptors (Lipinski definition) is 4. The van der Waals surface area contributed by atoms with Crippen LogP contribution in [0.5, 0.6) is 5.75 Å². The Bertz CT molecular complexity index is 830. The first-order valence-electron chi connectivity index (χ1n) is 9.66. The van der Waals surface area contributed by atoms with Crippen molar-refractivity contribution in [2.24, 2.45) is 5.92 Å². The normalized spacial score (nSPS) is 23.2. The van der Waals surface area contributed by atoms with Crippen molar-refractivity contribution < 1.29 is 18.7 Å². The number of ether oxygens (including phenoxy) is 2. The molecule has 2 saturated heterocycles. The van der Waals surface area contributed by atoms with Crippen molar-refractivity contribution in [3.05, 3.63) is 59.9 Å². The smallest absolute Gasteiger partial charge is 0.252 e. The minimum Gasteiger partial charge on any atom is -0.496 e. The maximum absolute atomic E-state index is 14.3. The molecule has 148 valence electrons. The summed E-state index contributed by atoms with van der Waals surface area (Å²) in [7, 11) is 1.56. The van der Waals surface area contributed by atoms with Gasteiger partial charge in [-0.25, -0.2) is 4.39 Å². The number of hydrogen-bond donors (Lipinski definition) is 0. The average Bonchev–Trinajstić information content (AvgIpc) is 2.89. The lowest BCUT2D eigenvalue weighted by Crippen LogP contribution is -2.47. The Morgan fingerprint density at radius 3 is 2.75 bits per heavy atom. The first-order valence-corrected chi connectivity index (χ1v) is 9.66. The molecule has 1 amide bonds. The van der Waals surface area contributed by atoms with E-state index in [2.05, 4.69) is 4.90 Å². The van der Waals surface area contributed by atoms with Gasteiger partial charge in [0.05, 0.1) is 13.2 Å². The molecule has 0 N–H and O–H groups in total. The summed E-state index contributed by atoms with van der Waals surface area (Å²) in [6.07, 6.45) is 0.883. The molecule has 2 atom stereocenters. The van der Waals surface area contributed by atoms with E-state index in [1.54, 1.807) is 19.2 Å². The maximum Gasteiger partial charge on any atom is 0.252 e. The zero-order valence-electron chi connectivity index (χ0n) is 16.0. The van der Waals surface area contributed by atoms with Crippen LogP contribution in [0.15, 0.2) is 48.5 Å². The Morgan fingerprint density at radius 2 is 1.96 bits per heavy atom. The molecule has 5 nitrogen and oxygen atoms in total. The Balaban J connectivity index is 1.51. The third kappa shape index (κ3) is 3.88. The van der Waals surface area contributed by atoms with Gasteiger partial charge in [0.25, 0.3) is 5.91 Å². The van der Waals surface area contributed by atoms with Crippen LogP contribution in [0.25, 0.3) is 0 Å². The van der Waals surface area contributed by atoms with Crippen molar-refractivity contribution in [2.75, 3.05) is 38.3 Å². The summed E-state index contributed by atoms with van der Waals surface area (Å²) >= 11 is 0. The van der Waals surface area contributed by atoms with E-state index in [1.807, 2.05) is 35.2 Å². The van der Waals surface area contributed by atoms with Crippen molar-refractivity contribution in [3.63, 3.8) is 0 Å². The highest BCUT2D eigenvalue weighted by Crippen LogP contribution is 2.30. The number of carbonyl (C=O) groups is 1. The van der Waals surface area contributed by atoms with Crippen molar-refractivity contribution in [2.45, 2.75) is 19.1 Å². The van der Waals surface area contributed by atoms with Gasteiger partial charge >= 0.3 is 0 Å². The van der Waals surface area contributed by atoms with Crippen molar-refractivity contribution in [1.82, 2.24) is 4.90 Å². The van der Waals surface area contributed by atoms with Gasteiger partial charge in [-0.15, -0.1) is 0 Å². The molecule has 0 spiro atoms. The minimum absolute atomic E-state index is 0.0112. The number of rotatable bonds is 4. The van der Waals surface area contributed by atoms with E-state index in [0.29, 0.717) is 24.4 Å². The fraction of sp³-hybridized carbons (Fsp3) is 0.409. The molecule has 4 rings (SSSR count). The molecule has 0 saturated carbocycles. The lowest BCUT2D eigenvalue weighted by Gasteiger charge is -2.38. The minimum atomic E-state index is -0.250. The second-order valence-corrected chi connectivity index (χ2v) is 7.39. The third-order valence-corrected chi connectivity index (χ3v) is 5.63. The van der Waals surface area contributed by atoms with E-state index in [9.17, 15) is 9.18 Å². The summed E-state index contributed by atoms with van der Waals surface area (Å²) in [5, 5.41) is 0. The summed E-state index contributed by atoms with van der Waals surface area (Å²) in [6.45, 7) is 2.75. The zero-order valence-corrected chi connectivity index (χ0v) is 16.0. The third-order valence-electron chi connectivity index (χ3n) is 5.63. The quantitative estimate of drug-likeness (QED) is 0.813. The van der Waals surface area contributed by atoms with Crippen LogP contribution in [-0.4, -0.2) is 50.3 Å². The number of para-hydroxylation sites is 1. The topological polar surface area (TPSA) is 42.0 Å². The summed E-state index contributed by atoms with van der Waals surface area (Å²) in [6, 6.07) is 14.6. The highest BCUT2D eigenvalue weighted by Gasteiger charge is 2.36. The summed E-state index contributed by atoms with van der Waals surface area (Å²) in [4.78, 5) is 16.6. The number of methoxy groups -OCH3 is 1. The predicted octanol–water partition coefficient (Wildman–Crippen LogP) is 3.09. The van der Waals surface area contributed by atoms with Crippen LogP contribution < -0.4 is 9.64 Å². The predicted molar refractivity (Wildman–Crippen MR) is 105 cm³/mol. The van der Waals surface area contributed by atoms with Crippen molar-refractivity contribution in [1.29, 1.82) is 0 Å². The van der Waals surface area contributed by atoms with Crippen molar-refractivity contribution in [3.8, 4) is 5.75 Å². The molecular formula is C22H25FN2O3. The zero-order chi connectivity index (χ0) is 19.5. The van der Waals surface area contributed by atoms with Crippen LogP contribution in [0, 0.1) is 11.7 Å². The second kappa shape index (κ2) is 8.29. The van der Waals surface area contributed by atoms with Gasteiger partial charge in [-0.1, -0.05) is 24.3 Å². The molecule has 0 aliphatic carbocycles. The van der Waals surface area contributed by atoms with Crippen LogP contribution in [-0.2, 0) is 16.1 Å². The molecule has 0 bridgehead atoms. The van der Waals surface area contributed by atoms with Crippen LogP contribution >= 0.6 is 0 Å². The van der Waals surface area contributed by atoms with E-state index < -0.39 is 0 Å². The molecule has 0 aromatic heterocycles. The maximum atomic E-state index is 14.3. The van der Waals surface area contributed by atoms with Crippen LogP contribution in [0.4, 0.5) is 10.1 Å². The molecule has 2 aliphatic rings. The number of benzene rings is 2.